The van der Waals surface area contributed by atoms with E-state index in [2.05, 4.69) is 17.3 Å². The van der Waals surface area contributed by atoms with Gasteiger partial charge in [0.2, 0.25) is 5.91 Å². The maximum absolute atomic E-state index is 13.1. The van der Waals surface area contributed by atoms with Crippen molar-refractivity contribution < 1.29 is 27.7 Å². The minimum absolute atomic E-state index is 0.0319. The van der Waals surface area contributed by atoms with Gasteiger partial charge in [0, 0.05) is 5.69 Å². The highest BCUT2D eigenvalue weighted by Crippen LogP contribution is 2.31. The third kappa shape index (κ3) is 4.82. The van der Waals surface area contributed by atoms with E-state index in [1.54, 1.807) is 11.8 Å². The summed E-state index contributed by atoms with van der Waals surface area (Å²) in [6, 6.07) is 4.24. The van der Waals surface area contributed by atoms with Gasteiger partial charge >= 0.3 is 6.18 Å². The molecule has 1 aliphatic heterocycles. The lowest BCUT2D eigenvalue weighted by molar-refractivity contribution is -0.883. The van der Waals surface area contributed by atoms with Crippen molar-refractivity contribution in [2.24, 2.45) is 0 Å². The number of hydrogen-bond acceptors (Lipinski definition) is 5. The van der Waals surface area contributed by atoms with Crippen molar-refractivity contribution in [1.29, 1.82) is 0 Å². The molecule has 3 aromatic rings. The fourth-order valence-corrected chi connectivity index (χ4v) is 4.95. The van der Waals surface area contributed by atoms with Crippen LogP contribution in [0.4, 0.5) is 18.9 Å². The third-order valence-electron chi connectivity index (χ3n) is 5.80. The number of fused-ring (bicyclic) bond motifs is 1. The molecule has 0 spiro atoms. The third-order valence-corrected chi connectivity index (χ3v) is 6.99. The number of anilines is 1. The van der Waals surface area contributed by atoms with Crippen LogP contribution in [0.5, 0.6) is 0 Å². The van der Waals surface area contributed by atoms with Gasteiger partial charge in [-0.05, 0) is 30.7 Å². The van der Waals surface area contributed by atoms with Crippen LogP contribution in [0, 0.1) is 6.92 Å². The van der Waals surface area contributed by atoms with Gasteiger partial charge in [-0.1, -0.05) is 6.07 Å². The van der Waals surface area contributed by atoms with E-state index in [1.807, 2.05) is 0 Å². The van der Waals surface area contributed by atoms with Crippen molar-refractivity contribution in [2.45, 2.75) is 19.6 Å². The lowest BCUT2D eigenvalue weighted by Crippen LogP contribution is -3.12. The largest absolute Gasteiger partial charge is 0.416 e. The molecule has 0 bridgehead atoms. The number of aromatic nitrogens is 2. The highest BCUT2D eigenvalue weighted by molar-refractivity contribution is 7.20. The molecule has 0 atom stereocenters. The molecule has 1 aromatic carbocycles. The van der Waals surface area contributed by atoms with Gasteiger partial charge in [0.05, 0.1) is 55.4 Å². The summed E-state index contributed by atoms with van der Waals surface area (Å²) in [6.07, 6.45) is -3.33. The van der Waals surface area contributed by atoms with Gasteiger partial charge in [-0.25, -0.2) is 4.98 Å². The van der Waals surface area contributed by atoms with Crippen molar-refractivity contribution in [1.82, 2.24) is 14.5 Å². The molecule has 1 aliphatic rings. The first-order chi connectivity index (χ1) is 16.0. The van der Waals surface area contributed by atoms with E-state index in [-0.39, 0.29) is 17.0 Å². The summed E-state index contributed by atoms with van der Waals surface area (Å²) in [5.41, 5.74) is -0.893. The van der Waals surface area contributed by atoms with Crippen molar-refractivity contribution in [3.05, 3.63) is 57.0 Å². The van der Waals surface area contributed by atoms with Gasteiger partial charge in [-0.3, -0.25) is 19.0 Å². The zero-order chi connectivity index (χ0) is 24.6. The average Bonchev–Trinajstić information content (AvgIpc) is 3.12. The van der Waals surface area contributed by atoms with Crippen LogP contribution in [-0.4, -0.2) is 59.5 Å². The second-order valence-corrected chi connectivity index (χ2v) is 9.29. The van der Waals surface area contributed by atoms with Crippen molar-refractivity contribution in [2.75, 3.05) is 38.5 Å². The van der Waals surface area contributed by atoms with E-state index in [1.165, 1.54) is 23.4 Å². The number of aryl methyl sites for hydroxylation is 1. The summed E-state index contributed by atoms with van der Waals surface area (Å²) in [7, 11) is 2.07. The molecule has 2 amide bonds. The molecule has 34 heavy (non-hydrogen) atoms. The summed E-state index contributed by atoms with van der Waals surface area (Å²) in [6.45, 7) is 4.21. The number of hydrogen-bond donors (Lipinski definition) is 2. The predicted octanol–water partition coefficient (Wildman–Crippen LogP) is 1.39. The van der Waals surface area contributed by atoms with Crippen molar-refractivity contribution in [3.63, 3.8) is 0 Å². The van der Waals surface area contributed by atoms with Gasteiger partial charge in [0.1, 0.15) is 11.4 Å². The molecule has 2 aromatic heterocycles. The fraction of sp³-hybridized carbons (Fsp3) is 0.364. The predicted molar refractivity (Wildman–Crippen MR) is 121 cm³/mol. The zero-order valence-corrected chi connectivity index (χ0v) is 19.3. The second-order valence-electron chi connectivity index (χ2n) is 8.29. The highest BCUT2D eigenvalue weighted by Gasteiger charge is 2.30. The Balaban J connectivity index is 1.55. The lowest BCUT2D eigenvalue weighted by atomic mass is 10.2. The number of carbonyl (C=O) groups is 2. The molecular formula is C22H23F3N5O3S+. The monoisotopic (exact) mass is 494 g/mol. The number of piperazine rings is 1. The lowest BCUT2D eigenvalue weighted by Gasteiger charge is -2.29. The van der Waals surface area contributed by atoms with Crippen molar-refractivity contribution >= 4 is 39.1 Å². The van der Waals surface area contributed by atoms with Crippen LogP contribution in [0.2, 0.25) is 0 Å². The van der Waals surface area contributed by atoms with E-state index in [4.69, 9.17) is 0 Å². The van der Waals surface area contributed by atoms with Gasteiger partial charge in [0.25, 0.3) is 11.5 Å². The molecule has 3 heterocycles. The van der Waals surface area contributed by atoms with Crippen LogP contribution >= 0.6 is 11.3 Å². The molecule has 8 nitrogen and oxygen atoms in total. The summed E-state index contributed by atoms with van der Waals surface area (Å²) in [4.78, 5) is 46.7. The normalized spacial score (nSPS) is 15.0. The van der Waals surface area contributed by atoms with Crippen LogP contribution in [0.25, 0.3) is 10.2 Å². The first-order valence-corrected chi connectivity index (χ1v) is 11.4. The molecule has 0 radical (unpaired) electrons. The quantitative estimate of drug-likeness (QED) is 0.574. The van der Waals surface area contributed by atoms with Crippen LogP contribution in [0.15, 0.2) is 35.4 Å². The summed E-state index contributed by atoms with van der Waals surface area (Å²) in [5, 5.41) is 2.64. The molecule has 4 rings (SSSR count). The number of carbonyl (C=O) groups excluding carboxylic acids is 2. The number of rotatable bonds is 4. The Labute approximate surface area is 196 Å². The Morgan fingerprint density at radius 2 is 1.94 bits per heavy atom. The van der Waals surface area contributed by atoms with E-state index in [0.717, 1.165) is 41.1 Å². The first kappa shape index (κ1) is 23.9. The van der Waals surface area contributed by atoms with Gasteiger partial charge in [-0.15, -0.1) is 11.3 Å². The van der Waals surface area contributed by atoms with Gasteiger partial charge < -0.3 is 15.1 Å². The maximum Gasteiger partial charge on any atom is 0.416 e. The van der Waals surface area contributed by atoms with Crippen molar-refractivity contribution in [3.8, 4) is 0 Å². The number of amides is 2. The summed E-state index contributed by atoms with van der Waals surface area (Å²) >= 11 is 1.15. The Kier molecular flexibility index (Phi) is 6.45. The Bertz CT molecular complexity index is 1310. The van der Waals surface area contributed by atoms with Gasteiger partial charge in [-0.2, -0.15) is 13.2 Å². The van der Waals surface area contributed by atoms with E-state index >= 15 is 0 Å². The smallest absolute Gasteiger partial charge is 0.334 e. The number of alkyl halides is 3. The standard InChI is InChI=1S/C22H22F3N5O3S/c1-13-17-19(34-18(13)21(33)29-8-6-28(2)7-9-29)26-12-30(20(17)32)11-16(31)27-15-5-3-4-14(10-15)22(23,24)25/h3-5,10,12H,6-9,11H2,1-2H3,(H,27,31)/p+1. The molecule has 1 saturated heterocycles. The number of benzene rings is 1. The Hall–Kier alpha value is -3.25. The first-order valence-electron chi connectivity index (χ1n) is 10.6. The number of nitrogens with one attached hydrogen (secondary N) is 2. The number of quaternary nitrogens is 1. The molecule has 12 heteroatoms. The molecule has 2 N–H and O–H groups in total. The Morgan fingerprint density at radius 3 is 2.62 bits per heavy atom. The summed E-state index contributed by atoms with van der Waals surface area (Å²) in [5.74, 6) is -0.812. The molecule has 0 unspecified atom stereocenters. The van der Waals surface area contributed by atoms with Gasteiger partial charge in [0.15, 0.2) is 0 Å². The van der Waals surface area contributed by atoms with E-state index < -0.39 is 29.8 Å². The van der Waals surface area contributed by atoms with Crippen LogP contribution in [0.3, 0.4) is 0 Å². The highest BCUT2D eigenvalue weighted by atomic mass is 32.1. The number of nitrogens with zero attached hydrogens (tertiary/aromatic N) is 3. The molecule has 0 aliphatic carbocycles. The molecule has 0 saturated carbocycles. The fourth-order valence-electron chi connectivity index (χ4n) is 3.84. The average molecular weight is 495 g/mol. The molecule has 180 valence electrons. The topological polar surface area (TPSA) is 88.7 Å². The number of likely N-dealkylation sites (N-methyl/N-ethyl adjacent to an activating group) is 1. The van der Waals surface area contributed by atoms with E-state index in [0.29, 0.717) is 28.4 Å². The molecule has 1 fully saturated rings. The summed E-state index contributed by atoms with van der Waals surface area (Å²) < 4.78 is 39.8. The minimum Gasteiger partial charge on any atom is -0.334 e. The SMILES string of the molecule is Cc1c(C(=O)N2CC[NH+](C)CC2)sc2ncn(CC(=O)Nc3cccc(C(F)(F)F)c3)c(=O)c12. The molecular weight excluding hydrogens is 471 g/mol. The van der Waals surface area contributed by atoms with Crippen LogP contribution in [0.1, 0.15) is 20.8 Å². The maximum atomic E-state index is 13.1. The van der Waals surface area contributed by atoms with Crippen LogP contribution < -0.4 is 15.8 Å². The second kappa shape index (κ2) is 9.18. The Morgan fingerprint density at radius 1 is 1.24 bits per heavy atom. The zero-order valence-electron chi connectivity index (χ0n) is 18.5. The van der Waals surface area contributed by atoms with Crippen LogP contribution in [-0.2, 0) is 17.5 Å². The number of thiophene rings is 1. The van der Waals surface area contributed by atoms with E-state index in [9.17, 15) is 27.6 Å². The number of halogens is 3. The minimum atomic E-state index is -4.54.